The summed E-state index contributed by atoms with van der Waals surface area (Å²) in [5, 5.41) is 0. The van der Waals surface area contributed by atoms with Crippen molar-refractivity contribution in [3.63, 3.8) is 0 Å². The zero-order chi connectivity index (χ0) is 19.5. The van der Waals surface area contributed by atoms with Crippen molar-refractivity contribution in [3.05, 3.63) is 70.8 Å². The molecule has 4 nitrogen and oxygen atoms in total. The molecule has 2 aromatic rings. The van der Waals surface area contributed by atoms with Crippen LogP contribution in [0.15, 0.2) is 48.5 Å². The van der Waals surface area contributed by atoms with E-state index in [0.29, 0.717) is 12.5 Å². The Morgan fingerprint density at radius 2 is 1.57 bits per heavy atom. The smallest absolute Gasteiger partial charge is 0.254 e. The van der Waals surface area contributed by atoms with E-state index in [-0.39, 0.29) is 11.8 Å². The van der Waals surface area contributed by atoms with Gasteiger partial charge in [0.2, 0.25) is 5.91 Å². The highest BCUT2D eigenvalue weighted by Gasteiger charge is 2.23. The number of rotatable bonds is 3. The SMILES string of the molecule is CC(=O)N1CCC(Cc2ccc(C(=O)N3CCc4ccccc4C3)cc2)CC1. The molecule has 0 unspecified atom stereocenters. The molecule has 2 aromatic carbocycles. The van der Waals surface area contributed by atoms with Crippen molar-refractivity contribution in [2.45, 2.75) is 39.2 Å². The number of likely N-dealkylation sites (tertiary alicyclic amines) is 1. The van der Waals surface area contributed by atoms with Crippen molar-refractivity contribution in [2.24, 2.45) is 5.92 Å². The van der Waals surface area contributed by atoms with E-state index in [4.69, 9.17) is 0 Å². The molecule has 28 heavy (non-hydrogen) atoms. The fraction of sp³-hybridized carbons (Fsp3) is 0.417. The van der Waals surface area contributed by atoms with Crippen LogP contribution in [0.2, 0.25) is 0 Å². The van der Waals surface area contributed by atoms with E-state index in [1.54, 1.807) is 6.92 Å². The van der Waals surface area contributed by atoms with Gasteiger partial charge in [0.1, 0.15) is 0 Å². The molecule has 2 amide bonds. The van der Waals surface area contributed by atoms with Gasteiger partial charge in [0.15, 0.2) is 0 Å². The number of hydrogen-bond donors (Lipinski definition) is 0. The molecular formula is C24H28N2O2. The van der Waals surface area contributed by atoms with Gasteiger partial charge in [0, 0.05) is 38.7 Å². The zero-order valence-corrected chi connectivity index (χ0v) is 16.6. The van der Waals surface area contributed by atoms with Gasteiger partial charge in [-0.3, -0.25) is 9.59 Å². The highest BCUT2D eigenvalue weighted by molar-refractivity contribution is 5.94. The lowest BCUT2D eigenvalue weighted by molar-refractivity contribution is -0.130. The second-order valence-electron chi connectivity index (χ2n) is 8.10. The van der Waals surface area contributed by atoms with E-state index in [1.807, 2.05) is 28.0 Å². The molecule has 0 radical (unpaired) electrons. The average Bonchev–Trinajstić information content (AvgIpc) is 2.74. The summed E-state index contributed by atoms with van der Waals surface area (Å²) in [5.74, 6) is 0.924. The Balaban J connectivity index is 1.35. The first-order valence-electron chi connectivity index (χ1n) is 10.3. The first-order chi connectivity index (χ1) is 13.6. The minimum atomic E-state index is 0.121. The number of piperidine rings is 1. The van der Waals surface area contributed by atoms with Gasteiger partial charge in [0.05, 0.1) is 0 Å². The van der Waals surface area contributed by atoms with E-state index in [0.717, 1.165) is 50.9 Å². The van der Waals surface area contributed by atoms with Crippen LogP contribution in [0.4, 0.5) is 0 Å². The van der Waals surface area contributed by atoms with Crippen LogP contribution in [0.5, 0.6) is 0 Å². The van der Waals surface area contributed by atoms with Crippen LogP contribution in [0, 0.1) is 5.92 Å². The first kappa shape index (κ1) is 18.7. The van der Waals surface area contributed by atoms with Crippen LogP contribution >= 0.6 is 0 Å². The van der Waals surface area contributed by atoms with Gasteiger partial charge in [-0.25, -0.2) is 0 Å². The maximum absolute atomic E-state index is 12.9. The molecule has 2 aliphatic heterocycles. The Bertz CT molecular complexity index is 851. The molecular weight excluding hydrogens is 348 g/mol. The maximum Gasteiger partial charge on any atom is 0.254 e. The predicted octanol–water partition coefficient (Wildman–Crippen LogP) is 3.69. The lowest BCUT2D eigenvalue weighted by atomic mass is 9.90. The van der Waals surface area contributed by atoms with E-state index in [9.17, 15) is 9.59 Å². The summed E-state index contributed by atoms with van der Waals surface area (Å²) in [6.07, 6.45) is 4.08. The highest BCUT2D eigenvalue weighted by Crippen LogP contribution is 2.23. The topological polar surface area (TPSA) is 40.6 Å². The van der Waals surface area contributed by atoms with E-state index >= 15 is 0 Å². The van der Waals surface area contributed by atoms with E-state index in [2.05, 4.69) is 30.3 Å². The van der Waals surface area contributed by atoms with Crippen LogP contribution in [-0.2, 0) is 24.2 Å². The summed E-state index contributed by atoms with van der Waals surface area (Å²) in [6.45, 7) is 4.87. The van der Waals surface area contributed by atoms with Gasteiger partial charge in [-0.2, -0.15) is 0 Å². The third-order valence-electron chi connectivity index (χ3n) is 6.20. The monoisotopic (exact) mass is 376 g/mol. The largest absolute Gasteiger partial charge is 0.343 e. The molecule has 0 atom stereocenters. The average molecular weight is 377 g/mol. The van der Waals surface area contributed by atoms with Crippen molar-refractivity contribution in [1.82, 2.24) is 9.80 Å². The summed E-state index contributed by atoms with van der Waals surface area (Å²) in [6, 6.07) is 16.5. The number of amides is 2. The minimum Gasteiger partial charge on any atom is -0.343 e. The van der Waals surface area contributed by atoms with Gasteiger partial charge in [-0.1, -0.05) is 36.4 Å². The molecule has 4 heteroatoms. The van der Waals surface area contributed by atoms with Crippen LogP contribution in [0.1, 0.15) is 46.8 Å². The summed E-state index contributed by atoms with van der Waals surface area (Å²) < 4.78 is 0. The Kier molecular flexibility index (Phi) is 5.47. The van der Waals surface area contributed by atoms with Gasteiger partial charge in [-0.05, 0) is 60.4 Å². The highest BCUT2D eigenvalue weighted by atomic mass is 16.2. The van der Waals surface area contributed by atoms with Crippen LogP contribution in [-0.4, -0.2) is 41.2 Å². The number of carbonyl (C=O) groups is 2. The first-order valence-corrected chi connectivity index (χ1v) is 10.3. The van der Waals surface area contributed by atoms with E-state index in [1.165, 1.54) is 16.7 Å². The maximum atomic E-state index is 12.9. The Morgan fingerprint density at radius 3 is 2.25 bits per heavy atom. The predicted molar refractivity (Wildman–Crippen MR) is 110 cm³/mol. The minimum absolute atomic E-state index is 0.121. The molecule has 0 aromatic heterocycles. The van der Waals surface area contributed by atoms with Crippen LogP contribution in [0.3, 0.4) is 0 Å². The molecule has 2 aliphatic rings. The lowest BCUT2D eigenvalue weighted by Crippen LogP contribution is -2.37. The van der Waals surface area contributed by atoms with Crippen molar-refractivity contribution >= 4 is 11.8 Å². The van der Waals surface area contributed by atoms with Gasteiger partial charge in [-0.15, -0.1) is 0 Å². The number of nitrogens with zero attached hydrogens (tertiary/aromatic N) is 2. The standard InChI is InChI=1S/C24H28N2O2/c1-18(27)25-13-10-20(11-14-25)16-19-6-8-22(9-7-19)24(28)26-15-12-21-4-2-3-5-23(21)17-26/h2-9,20H,10-17H2,1H3. The van der Waals surface area contributed by atoms with Crippen LogP contribution < -0.4 is 0 Å². The normalized spacial score (nSPS) is 17.3. The fourth-order valence-electron chi connectivity index (χ4n) is 4.42. The Hall–Kier alpha value is -2.62. The molecule has 146 valence electrons. The number of carbonyl (C=O) groups excluding carboxylic acids is 2. The van der Waals surface area contributed by atoms with Crippen LogP contribution in [0.25, 0.3) is 0 Å². The molecule has 4 rings (SSSR count). The second-order valence-corrected chi connectivity index (χ2v) is 8.10. The molecule has 2 heterocycles. The third kappa shape index (κ3) is 4.11. The Labute approximate surface area is 167 Å². The van der Waals surface area contributed by atoms with E-state index < -0.39 is 0 Å². The zero-order valence-electron chi connectivity index (χ0n) is 16.6. The Morgan fingerprint density at radius 1 is 0.893 bits per heavy atom. The molecule has 0 aliphatic carbocycles. The lowest BCUT2D eigenvalue weighted by Gasteiger charge is -2.31. The summed E-state index contributed by atoms with van der Waals surface area (Å²) in [7, 11) is 0. The van der Waals surface area contributed by atoms with Gasteiger partial charge >= 0.3 is 0 Å². The number of benzene rings is 2. The third-order valence-corrected chi connectivity index (χ3v) is 6.20. The number of hydrogen-bond acceptors (Lipinski definition) is 2. The van der Waals surface area contributed by atoms with Gasteiger partial charge < -0.3 is 9.80 Å². The van der Waals surface area contributed by atoms with Crippen molar-refractivity contribution < 1.29 is 9.59 Å². The molecule has 0 spiro atoms. The number of fused-ring (bicyclic) bond motifs is 1. The molecule has 0 bridgehead atoms. The second kappa shape index (κ2) is 8.17. The van der Waals surface area contributed by atoms with Gasteiger partial charge in [0.25, 0.3) is 5.91 Å². The molecule has 0 N–H and O–H groups in total. The molecule has 1 saturated heterocycles. The summed E-state index contributed by atoms with van der Waals surface area (Å²) >= 11 is 0. The van der Waals surface area contributed by atoms with Crippen molar-refractivity contribution in [2.75, 3.05) is 19.6 Å². The summed E-state index contributed by atoms with van der Waals surface area (Å²) in [5.41, 5.74) is 4.67. The van der Waals surface area contributed by atoms with Crippen molar-refractivity contribution in [1.29, 1.82) is 0 Å². The van der Waals surface area contributed by atoms with Crippen molar-refractivity contribution in [3.8, 4) is 0 Å². The molecule has 1 fully saturated rings. The summed E-state index contributed by atoms with van der Waals surface area (Å²) in [4.78, 5) is 28.2. The molecule has 0 saturated carbocycles. The quantitative estimate of drug-likeness (QED) is 0.820. The fourth-order valence-corrected chi connectivity index (χ4v) is 4.42.